The highest BCUT2D eigenvalue weighted by molar-refractivity contribution is 5.90. The van der Waals surface area contributed by atoms with Crippen LogP contribution in [0.25, 0.3) is 0 Å². The van der Waals surface area contributed by atoms with Crippen molar-refractivity contribution >= 4 is 11.8 Å². The molecule has 1 unspecified atom stereocenters. The van der Waals surface area contributed by atoms with Crippen molar-refractivity contribution in [3.63, 3.8) is 0 Å². The van der Waals surface area contributed by atoms with Gasteiger partial charge in [-0.2, -0.15) is 0 Å². The topological polar surface area (TPSA) is 58.6 Å². The summed E-state index contributed by atoms with van der Waals surface area (Å²) in [6, 6.07) is -0.366. The molecule has 0 bridgehead atoms. The van der Waals surface area contributed by atoms with Crippen LogP contribution in [0.2, 0.25) is 0 Å². The minimum absolute atomic E-state index is 0.0125. The van der Waals surface area contributed by atoms with Crippen molar-refractivity contribution < 1.29 is 14.3 Å². The molecular weight excluding hydrogens is 244 g/mol. The number of ether oxygens (including phenoxy) is 1. The molecule has 2 saturated heterocycles. The Hall–Kier alpha value is -1.10. The summed E-state index contributed by atoms with van der Waals surface area (Å²) in [6.45, 7) is 6.84. The Bertz CT molecular complexity index is 338. The van der Waals surface area contributed by atoms with Gasteiger partial charge in [0.25, 0.3) is 0 Å². The van der Waals surface area contributed by atoms with E-state index in [0.717, 1.165) is 32.6 Å². The molecule has 2 aliphatic rings. The molecule has 5 heteroatoms. The van der Waals surface area contributed by atoms with E-state index in [1.807, 2.05) is 18.7 Å². The molecule has 108 valence electrons. The van der Waals surface area contributed by atoms with Crippen LogP contribution >= 0.6 is 0 Å². The maximum absolute atomic E-state index is 12.5. The van der Waals surface area contributed by atoms with Gasteiger partial charge in [-0.3, -0.25) is 9.59 Å². The number of carbonyl (C=O) groups is 2. The Balaban J connectivity index is 2.01. The molecule has 0 aromatic heterocycles. The van der Waals surface area contributed by atoms with E-state index in [1.54, 1.807) is 0 Å². The third kappa shape index (κ3) is 3.69. The van der Waals surface area contributed by atoms with Gasteiger partial charge < -0.3 is 15.0 Å². The molecule has 0 aromatic rings. The van der Waals surface area contributed by atoms with Crippen molar-refractivity contribution in [2.24, 2.45) is 11.8 Å². The number of nitrogens with one attached hydrogen (secondary N) is 1. The quantitative estimate of drug-likeness (QED) is 0.823. The fourth-order valence-corrected chi connectivity index (χ4v) is 2.72. The first-order valence-corrected chi connectivity index (χ1v) is 7.24. The van der Waals surface area contributed by atoms with E-state index >= 15 is 0 Å². The zero-order chi connectivity index (χ0) is 13.8. The van der Waals surface area contributed by atoms with E-state index in [9.17, 15) is 9.59 Å². The molecule has 0 aromatic carbocycles. The highest BCUT2D eigenvalue weighted by atomic mass is 16.5. The van der Waals surface area contributed by atoms with Gasteiger partial charge in [-0.15, -0.1) is 0 Å². The van der Waals surface area contributed by atoms with Crippen molar-refractivity contribution in [1.82, 2.24) is 10.2 Å². The van der Waals surface area contributed by atoms with Gasteiger partial charge in [0.15, 0.2) is 0 Å². The van der Waals surface area contributed by atoms with Gasteiger partial charge >= 0.3 is 0 Å². The first kappa shape index (κ1) is 14.3. The molecule has 0 radical (unpaired) electrons. The lowest BCUT2D eigenvalue weighted by molar-refractivity contribution is -0.135. The van der Waals surface area contributed by atoms with Crippen LogP contribution in [0.3, 0.4) is 0 Å². The molecule has 0 aliphatic carbocycles. The lowest BCUT2D eigenvalue weighted by atomic mass is 9.98. The van der Waals surface area contributed by atoms with E-state index in [1.165, 1.54) is 0 Å². The van der Waals surface area contributed by atoms with Gasteiger partial charge in [0.2, 0.25) is 11.8 Å². The van der Waals surface area contributed by atoms with Gasteiger partial charge in [-0.1, -0.05) is 13.8 Å². The van der Waals surface area contributed by atoms with Crippen LogP contribution in [-0.2, 0) is 14.3 Å². The van der Waals surface area contributed by atoms with Crippen LogP contribution < -0.4 is 5.32 Å². The lowest BCUT2D eigenvalue weighted by Gasteiger charge is -2.31. The van der Waals surface area contributed by atoms with Crippen LogP contribution in [-0.4, -0.2) is 49.1 Å². The first-order valence-electron chi connectivity index (χ1n) is 7.24. The number of rotatable bonds is 3. The Morgan fingerprint density at radius 2 is 2.00 bits per heavy atom. The Morgan fingerprint density at radius 3 is 2.63 bits per heavy atom. The Labute approximate surface area is 114 Å². The number of hydrogen-bond acceptors (Lipinski definition) is 3. The summed E-state index contributed by atoms with van der Waals surface area (Å²) >= 11 is 0. The third-order valence-corrected chi connectivity index (χ3v) is 3.99. The molecule has 0 saturated carbocycles. The predicted octanol–water partition coefficient (Wildman–Crippen LogP) is 0.786. The monoisotopic (exact) mass is 268 g/mol. The minimum atomic E-state index is -0.366. The summed E-state index contributed by atoms with van der Waals surface area (Å²) in [5.74, 6) is 0.708. The van der Waals surface area contributed by atoms with E-state index in [2.05, 4.69) is 5.32 Å². The minimum Gasteiger partial charge on any atom is -0.381 e. The number of nitrogens with zero attached hydrogens (tertiary/aromatic N) is 1. The summed E-state index contributed by atoms with van der Waals surface area (Å²) in [5, 5.41) is 2.84. The van der Waals surface area contributed by atoms with Crippen molar-refractivity contribution in [2.45, 2.75) is 39.2 Å². The number of amides is 2. The van der Waals surface area contributed by atoms with Crippen LogP contribution in [0.4, 0.5) is 0 Å². The van der Waals surface area contributed by atoms with Gasteiger partial charge in [-0.25, -0.2) is 0 Å². The SMILES string of the molecule is CC(C)C1NC(=O)CCN(CC2CCOCC2)C1=O. The highest BCUT2D eigenvalue weighted by Gasteiger charge is 2.33. The molecule has 2 fully saturated rings. The van der Waals surface area contributed by atoms with E-state index < -0.39 is 0 Å². The molecule has 2 heterocycles. The van der Waals surface area contributed by atoms with Crippen molar-refractivity contribution in [3.05, 3.63) is 0 Å². The Kier molecular flexibility index (Phi) is 4.80. The number of hydrogen-bond donors (Lipinski definition) is 1. The highest BCUT2D eigenvalue weighted by Crippen LogP contribution is 2.19. The largest absolute Gasteiger partial charge is 0.381 e. The average Bonchev–Trinajstić information content (AvgIpc) is 2.53. The third-order valence-electron chi connectivity index (χ3n) is 3.99. The zero-order valence-electron chi connectivity index (χ0n) is 11.9. The van der Waals surface area contributed by atoms with Crippen LogP contribution in [0.5, 0.6) is 0 Å². The normalized spacial score (nSPS) is 26.5. The van der Waals surface area contributed by atoms with E-state index in [0.29, 0.717) is 18.9 Å². The molecule has 0 spiro atoms. The van der Waals surface area contributed by atoms with Gasteiger partial charge in [0, 0.05) is 32.7 Å². The van der Waals surface area contributed by atoms with Gasteiger partial charge in [-0.05, 0) is 24.7 Å². The Morgan fingerprint density at radius 1 is 1.32 bits per heavy atom. The summed E-state index contributed by atoms with van der Waals surface area (Å²) in [7, 11) is 0. The summed E-state index contributed by atoms with van der Waals surface area (Å²) in [5.41, 5.74) is 0. The first-order chi connectivity index (χ1) is 9.08. The van der Waals surface area contributed by atoms with Crippen molar-refractivity contribution in [1.29, 1.82) is 0 Å². The fourth-order valence-electron chi connectivity index (χ4n) is 2.72. The second-order valence-corrected chi connectivity index (χ2v) is 5.88. The fraction of sp³-hybridized carbons (Fsp3) is 0.857. The summed E-state index contributed by atoms with van der Waals surface area (Å²) in [4.78, 5) is 26.0. The van der Waals surface area contributed by atoms with Gasteiger partial charge in [0.1, 0.15) is 6.04 Å². The average molecular weight is 268 g/mol. The molecule has 5 nitrogen and oxygen atoms in total. The maximum atomic E-state index is 12.5. The van der Waals surface area contributed by atoms with Crippen molar-refractivity contribution in [3.8, 4) is 0 Å². The van der Waals surface area contributed by atoms with E-state index in [-0.39, 0.29) is 23.8 Å². The maximum Gasteiger partial charge on any atom is 0.245 e. The molecule has 2 aliphatic heterocycles. The predicted molar refractivity (Wildman–Crippen MR) is 71.5 cm³/mol. The van der Waals surface area contributed by atoms with E-state index in [4.69, 9.17) is 4.74 Å². The molecule has 19 heavy (non-hydrogen) atoms. The molecule has 2 rings (SSSR count). The van der Waals surface area contributed by atoms with Crippen molar-refractivity contribution in [2.75, 3.05) is 26.3 Å². The molecule has 1 atom stereocenters. The zero-order valence-corrected chi connectivity index (χ0v) is 11.9. The number of carbonyl (C=O) groups excluding carboxylic acids is 2. The summed E-state index contributed by atoms with van der Waals surface area (Å²) in [6.07, 6.45) is 2.44. The molecular formula is C14H24N2O3. The second-order valence-electron chi connectivity index (χ2n) is 5.88. The van der Waals surface area contributed by atoms with Crippen LogP contribution in [0, 0.1) is 11.8 Å². The molecule has 2 amide bonds. The lowest BCUT2D eigenvalue weighted by Crippen LogP contribution is -2.49. The standard InChI is InChI=1S/C14H24N2O3/c1-10(2)13-14(18)16(6-3-12(17)15-13)9-11-4-7-19-8-5-11/h10-11,13H,3-9H2,1-2H3,(H,15,17). The smallest absolute Gasteiger partial charge is 0.245 e. The summed E-state index contributed by atoms with van der Waals surface area (Å²) < 4.78 is 5.35. The van der Waals surface area contributed by atoms with Gasteiger partial charge in [0.05, 0.1) is 0 Å². The van der Waals surface area contributed by atoms with Crippen LogP contribution in [0.1, 0.15) is 33.1 Å². The van der Waals surface area contributed by atoms with Crippen LogP contribution in [0.15, 0.2) is 0 Å². The molecule has 1 N–H and O–H groups in total. The second kappa shape index (κ2) is 6.37.